The molecule has 3 rings (SSSR count). The number of nitrogens with one attached hydrogen (secondary N) is 1. The molecule has 0 atom stereocenters. The third-order valence-electron chi connectivity index (χ3n) is 4.40. The number of amides is 2. The molecule has 0 bridgehead atoms. The van der Waals surface area contributed by atoms with Crippen molar-refractivity contribution in [1.29, 1.82) is 0 Å². The Kier molecular flexibility index (Phi) is 5.40. The number of nitrogens with zero attached hydrogens (tertiary/aromatic N) is 2. The summed E-state index contributed by atoms with van der Waals surface area (Å²) in [6.07, 6.45) is 0.644. The highest BCUT2D eigenvalue weighted by atomic mass is 16.5. The van der Waals surface area contributed by atoms with Gasteiger partial charge in [-0.15, -0.1) is 0 Å². The van der Waals surface area contributed by atoms with Crippen molar-refractivity contribution in [2.24, 2.45) is 0 Å². The van der Waals surface area contributed by atoms with E-state index in [4.69, 9.17) is 9.26 Å². The van der Waals surface area contributed by atoms with E-state index < -0.39 is 0 Å². The topological polar surface area (TPSA) is 95.9 Å². The predicted octanol–water partition coefficient (Wildman–Crippen LogP) is 0.894. The molecule has 1 saturated heterocycles. The van der Waals surface area contributed by atoms with Crippen molar-refractivity contribution in [3.05, 3.63) is 52.0 Å². The molecule has 1 aliphatic rings. The van der Waals surface area contributed by atoms with E-state index in [0.29, 0.717) is 49.7 Å². The highest BCUT2D eigenvalue weighted by Gasteiger charge is 2.25. The molecule has 1 aromatic heterocycles. The van der Waals surface area contributed by atoms with Crippen LogP contribution >= 0.6 is 0 Å². The van der Waals surface area contributed by atoms with Crippen LogP contribution in [0.1, 0.15) is 22.5 Å². The molecule has 0 unspecified atom stereocenters. The van der Waals surface area contributed by atoms with Gasteiger partial charge < -0.3 is 19.1 Å². The SMILES string of the molecule is COc1cccc(C(=O)N2CCN(C(=O)CCc3cc(=O)[nH]o3)CC2)c1. The summed E-state index contributed by atoms with van der Waals surface area (Å²) >= 11 is 0. The van der Waals surface area contributed by atoms with Gasteiger partial charge in [-0.25, -0.2) is 0 Å². The van der Waals surface area contributed by atoms with Crippen LogP contribution in [0, 0.1) is 0 Å². The first kappa shape index (κ1) is 17.8. The summed E-state index contributed by atoms with van der Waals surface area (Å²) in [5, 5.41) is 2.21. The van der Waals surface area contributed by atoms with Gasteiger partial charge in [-0.05, 0) is 18.2 Å². The fourth-order valence-electron chi connectivity index (χ4n) is 2.93. The minimum atomic E-state index is -0.308. The Bertz CT molecular complexity index is 833. The molecule has 0 aliphatic carbocycles. The molecule has 1 aliphatic heterocycles. The second-order valence-corrected chi connectivity index (χ2v) is 6.08. The molecule has 0 spiro atoms. The molecule has 1 N–H and O–H groups in total. The normalized spacial score (nSPS) is 14.3. The number of hydrogen-bond acceptors (Lipinski definition) is 5. The van der Waals surface area contributed by atoms with Crippen LogP contribution in [-0.4, -0.2) is 60.1 Å². The summed E-state index contributed by atoms with van der Waals surface area (Å²) in [4.78, 5) is 39.3. The van der Waals surface area contributed by atoms with Crippen LogP contribution in [0.5, 0.6) is 5.75 Å². The Morgan fingerprint density at radius 1 is 1.15 bits per heavy atom. The van der Waals surface area contributed by atoms with Gasteiger partial charge in [-0.2, -0.15) is 5.16 Å². The van der Waals surface area contributed by atoms with E-state index in [9.17, 15) is 14.4 Å². The van der Waals surface area contributed by atoms with E-state index in [1.165, 1.54) is 6.07 Å². The standard InChI is InChI=1S/C18H21N3O5/c1-25-14-4-2-3-13(11-14)18(24)21-9-7-20(8-10-21)17(23)6-5-15-12-16(22)19-26-15/h2-4,11-12H,5-10H2,1H3,(H,19,22). The van der Waals surface area contributed by atoms with Gasteiger partial charge in [-0.1, -0.05) is 6.07 Å². The van der Waals surface area contributed by atoms with Crippen LogP contribution in [0.4, 0.5) is 0 Å². The lowest BCUT2D eigenvalue weighted by Crippen LogP contribution is -2.50. The molecule has 138 valence electrons. The van der Waals surface area contributed by atoms with Crippen molar-refractivity contribution in [2.75, 3.05) is 33.3 Å². The molecule has 2 heterocycles. The van der Waals surface area contributed by atoms with Crippen LogP contribution in [0.2, 0.25) is 0 Å². The lowest BCUT2D eigenvalue weighted by atomic mass is 10.1. The van der Waals surface area contributed by atoms with E-state index in [1.807, 2.05) is 0 Å². The van der Waals surface area contributed by atoms with Crippen LogP contribution in [0.15, 0.2) is 39.6 Å². The van der Waals surface area contributed by atoms with Crippen molar-refractivity contribution < 1.29 is 18.8 Å². The van der Waals surface area contributed by atoms with Crippen molar-refractivity contribution in [3.8, 4) is 5.75 Å². The maximum absolute atomic E-state index is 12.6. The van der Waals surface area contributed by atoms with Gasteiger partial charge in [0.25, 0.3) is 11.5 Å². The Morgan fingerprint density at radius 3 is 2.54 bits per heavy atom. The van der Waals surface area contributed by atoms with E-state index in [2.05, 4.69) is 5.16 Å². The monoisotopic (exact) mass is 359 g/mol. The number of benzene rings is 1. The molecule has 2 amide bonds. The van der Waals surface area contributed by atoms with Crippen LogP contribution in [-0.2, 0) is 11.2 Å². The molecule has 2 aromatic rings. The molecule has 0 saturated carbocycles. The maximum atomic E-state index is 12.6. The minimum Gasteiger partial charge on any atom is -0.497 e. The number of methoxy groups -OCH3 is 1. The average molecular weight is 359 g/mol. The maximum Gasteiger partial charge on any atom is 0.280 e. The summed E-state index contributed by atoms with van der Waals surface area (Å²) < 4.78 is 10.1. The zero-order chi connectivity index (χ0) is 18.5. The zero-order valence-corrected chi connectivity index (χ0v) is 14.6. The quantitative estimate of drug-likeness (QED) is 0.855. The summed E-state index contributed by atoms with van der Waals surface area (Å²) in [5.74, 6) is 1.03. The van der Waals surface area contributed by atoms with Crippen molar-refractivity contribution >= 4 is 11.8 Å². The van der Waals surface area contributed by atoms with Crippen LogP contribution < -0.4 is 10.3 Å². The third-order valence-corrected chi connectivity index (χ3v) is 4.40. The van der Waals surface area contributed by atoms with Gasteiger partial charge in [0, 0.05) is 50.7 Å². The molecule has 1 fully saturated rings. The predicted molar refractivity (Wildman–Crippen MR) is 93.1 cm³/mol. The van der Waals surface area contributed by atoms with Gasteiger partial charge in [-0.3, -0.25) is 14.4 Å². The van der Waals surface area contributed by atoms with Gasteiger partial charge in [0.05, 0.1) is 7.11 Å². The summed E-state index contributed by atoms with van der Waals surface area (Å²) in [6, 6.07) is 8.39. The number of ether oxygens (including phenoxy) is 1. The minimum absolute atomic E-state index is 0.0117. The molecule has 26 heavy (non-hydrogen) atoms. The van der Waals surface area contributed by atoms with E-state index in [0.717, 1.165) is 0 Å². The van der Waals surface area contributed by atoms with E-state index >= 15 is 0 Å². The number of carbonyl (C=O) groups is 2. The van der Waals surface area contributed by atoms with E-state index in [1.54, 1.807) is 41.2 Å². The number of hydrogen-bond donors (Lipinski definition) is 1. The van der Waals surface area contributed by atoms with Gasteiger partial charge in [0.1, 0.15) is 11.5 Å². The zero-order valence-electron chi connectivity index (χ0n) is 14.6. The Balaban J connectivity index is 1.50. The molecule has 8 nitrogen and oxygen atoms in total. The van der Waals surface area contributed by atoms with Gasteiger partial charge >= 0.3 is 0 Å². The average Bonchev–Trinajstić information content (AvgIpc) is 3.11. The van der Waals surface area contributed by atoms with Crippen molar-refractivity contribution in [2.45, 2.75) is 12.8 Å². The lowest BCUT2D eigenvalue weighted by Gasteiger charge is -2.35. The highest BCUT2D eigenvalue weighted by Crippen LogP contribution is 2.16. The second kappa shape index (κ2) is 7.90. The number of aromatic nitrogens is 1. The third kappa shape index (κ3) is 4.14. The molecular weight excluding hydrogens is 338 g/mol. The molecule has 8 heteroatoms. The smallest absolute Gasteiger partial charge is 0.280 e. The Labute approximate surface area is 150 Å². The largest absolute Gasteiger partial charge is 0.497 e. The first-order valence-corrected chi connectivity index (χ1v) is 8.45. The molecule has 1 aromatic carbocycles. The van der Waals surface area contributed by atoms with Gasteiger partial charge in [0.2, 0.25) is 5.91 Å². The first-order valence-electron chi connectivity index (χ1n) is 8.45. The Hall–Kier alpha value is -3.03. The summed E-state index contributed by atoms with van der Waals surface area (Å²) in [6.45, 7) is 1.96. The number of aromatic amines is 1. The first-order chi connectivity index (χ1) is 12.6. The fourth-order valence-corrected chi connectivity index (χ4v) is 2.93. The molecular formula is C18H21N3O5. The Morgan fingerprint density at radius 2 is 1.88 bits per heavy atom. The van der Waals surface area contributed by atoms with Crippen molar-refractivity contribution in [3.63, 3.8) is 0 Å². The fraction of sp³-hybridized carbons (Fsp3) is 0.389. The highest BCUT2D eigenvalue weighted by molar-refractivity contribution is 5.94. The van der Waals surface area contributed by atoms with Gasteiger partial charge in [0.15, 0.2) is 0 Å². The number of rotatable bonds is 5. The lowest BCUT2D eigenvalue weighted by molar-refractivity contribution is -0.132. The van der Waals surface area contributed by atoms with Crippen LogP contribution in [0.3, 0.4) is 0 Å². The number of piperazine rings is 1. The molecule has 0 radical (unpaired) electrons. The number of carbonyl (C=O) groups excluding carboxylic acids is 2. The van der Waals surface area contributed by atoms with Crippen LogP contribution in [0.25, 0.3) is 0 Å². The summed E-state index contributed by atoms with van der Waals surface area (Å²) in [5.41, 5.74) is 0.267. The number of H-pyrrole nitrogens is 1. The summed E-state index contributed by atoms with van der Waals surface area (Å²) in [7, 11) is 1.56. The second-order valence-electron chi connectivity index (χ2n) is 6.08. The van der Waals surface area contributed by atoms with Crippen molar-refractivity contribution in [1.82, 2.24) is 15.0 Å². The number of aryl methyl sites for hydroxylation is 1. The van der Waals surface area contributed by atoms with E-state index in [-0.39, 0.29) is 23.8 Å².